The SMILES string of the molecule is COC(=O)c1cc(F)c(Br)cc1OCCCCNC(=O)OC(C)(C)C. The van der Waals surface area contributed by atoms with Gasteiger partial charge >= 0.3 is 12.1 Å². The molecule has 6 nitrogen and oxygen atoms in total. The molecule has 1 amide bonds. The largest absolute Gasteiger partial charge is 0.493 e. The average molecular weight is 420 g/mol. The maximum Gasteiger partial charge on any atom is 0.407 e. The number of carbonyl (C=O) groups is 2. The Labute approximate surface area is 155 Å². The summed E-state index contributed by atoms with van der Waals surface area (Å²) < 4.78 is 29.1. The molecule has 0 saturated carbocycles. The first-order valence-corrected chi connectivity index (χ1v) is 8.60. The van der Waals surface area contributed by atoms with Gasteiger partial charge in [0.25, 0.3) is 0 Å². The normalized spacial score (nSPS) is 11.0. The second-order valence-electron chi connectivity index (χ2n) is 6.24. The zero-order chi connectivity index (χ0) is 19.0. The quantitative estimate of drug-likeness (QED) is 0.532. The van der Waals surface area contributed by atoms with E-state index >= 15 is 0 Å². The summed E-state index contributed by atoms with van der Waals surface area (Å²) in [5.41, 5.74) is -0.511. The summed E-state index contributed by atoms with van der Waals surface area (Å²) in [5, 5.41) is 2.65. The van der Waals surface area contributed by atoms with Crippen LogP contribution in [0.4, 0.5) is 9.18 Å². The Hall–Kier alpha value is -1.83. The number of esters is 1. The maximum atomic E-state index is 13.6. The molecule has 8 heteroatoms. The Morgan fingerprint density at radius 1 is 1.24 bits per heavy atom. The number of alkyl carbamates (subject to hydrolysis) is 1. The van der Waals surface area contributed by atoms with E-state index in [1.54, 1.807) is 20.8 Å². The van der Waals surface area contributed by atoms with Crippen molar-refractivity contribution in [1.29, 1.82) is 0 Å². The van der Waals surface area contributed by atoms with Crippen LogP contribution < -0.4 is 10.1 Å². The summed E-state index contributed by atoms with van der Waals surface area (Å²) in [6.07, 6.45) is 0.824. The van der Waals surface area contributed by atoms with E-state index in [2.05, 4.69) is 26.0 Å². The molecule has 0 aliphatic carbocycles. The second kappa shape index (κ2) is 9.60. The van der Waals surface area contributed by atoms with Crippen LogP contribution in [0.15, 0.2) is 16.6 Å². The summed E-state index contributed by atoms with van der Waals surface area (Å²) in [7, 11) is 1.22. The molecule has 1 rings (SSSR count). The van der Waals surface area contributed by atoms with Crippen molar-refractivity contribution in [2.45, 2.75) is 39.2 Å². The number of halogens is 2. The fourth-order valence-electron chi connectivity index (χ4n) is 1.83. The summed E-state index contributed by atoms with van der Waals surface area (Å²) in [4.78, 5) is 23.2. The van der Waals surface area contributed by atoms with E-state index in [4.69, 9.17) is 9.47 Å². The van der Waals surface area contributed by atoms with Gasteiger partial charge in [-0.25, -0.2) is 14.0 Å². The number of hydrogen-bond donors (Lipinski definition) is 1. The highest BCUT2D eigenvalue weighted by molar-refractivity contribution is 9.10. The number of rotatable bonds is 7. The van der Waals surface area contributed by atoms with E-state index in [9.17, 15) is 14.0 Å². The Balaban J connectivity index is 2.43. The maximum absolute atomic E-state index is 13.6. The second-order valence-corrected chi connectivity index (χ2v) is 7.09. The van der Waals surface area contributed by atoms with Crippen LogP contribution in [0.25, 0.3) is 0 Å². The van der Waals surface area contributed by atoms with Crippen molar-refractivity contribution in [2.24, 2.45) is 0 Å². The Morgan fingerprint density at radius 3 is 2.52 bits per heavy atom. The van der Waals surface area contributed by atoms with Gasteiger partial charge in [-0.2, -0.15) is 0 Å². The van der Waals surface area contributed by atoms with Crippen LogP contribution in [-0.4, -0.2) is 37.9 Å². The van der Waals surface area contributed by atoms with Crippen LogP contribution in [0.2, 0.25) is 0 Å². The Kier molecular flexibility index (Phi) is 8.15. The molecule has 0 aliphatic rings. The first kappa shape index (κ1) is 21.2. The molecule has 0 aliphatic heterocycles. The van der Waals surface area contributed by atoms with Crippen molar-refractivity contribution in [3.8, 4) is 5.75 Å². The van der Waals surface area contributed by atoms with Crippen molar-refractivity contribution in [3.05, 3.63) is 28.0 Å². The van der Waals surface area contributed by atoms with E-state index < -0.39 is 23.5 Å². The number of unbranched alkanes of at least 4 members (excludes halogenated alkanes) is 1. The standard InChI is InChI=1S/C17H23BrFNO5/c1-17(2,3)25-16(22)20-7-5-6-8-24-14-10-12(18)13(19)9-11(14)15(21)23-4/h9-10H,5-8H2,1-4H3,(H,20,22). The first-order valence-electron chi connectivity index (χ1n) is 7.81. The molecule has 0 bridgehead atoms. The molecule has 140 valence electrons. The molecule has 0 fully saturated rings. The third-order valence-corrected chi connectivity index (χ3v) is 3.53. The Morgan fingerprint density at radius 2 is 1.92 bits per heavy atom. The Bertz CT molecular complexity index is 616. The third kappa shape index (κ3) is 7.72. The van der Waals surface area contributed by atoms with Crippen molar-refractivity contribution >= 4 is 28.0 Å². The minimum absolute atomic E-state index is 0.0232. The van der Waals surface area contributed by atoms with E-state index in [0.29, 0.717) is 26.0 Å². The lowest BCUT2D eigenvalue weighted by atomic mass is 10.2. The van der Waals surface area contributed by atoms with Crippen molar-refractivity contribution in [2.75, 3.05) is 20.3 Å². The minimum Gasteiger partial charge on any atom is -0.493 e. The summed E-state index contributed by atoms with van der Waals surface area (Å²) in [6, 6.07) is 2.45. The highest BCUT2D eigenvalue weighted by atomic mass is 79.9. The molecule has 0 atom stereocenters. The molecule has 0 unspecified atom stereocenters. The number of hydrogen-bond acceptors (Lipinski definition) is 5. The zero-order valence-corrected chi connectivity index (χ0v) is 16.4. The first-order chi connectivity index (χ1) is 11.6. The monoisotopic (exact) mass is 419 g/mol. The van der Waals surface area contributed by atoms with Gasteiger partial charge in [-0.3, -0.25) is 0 Å². The molecular formula is C17H23BrFNO5. The molecule has 0 saturated heterocycles. The molecule has 1 aromatic carbocycles. The van der Waals surface area contributed by atoms with Crippen LogP contribution in [-0.2, 0) is 9.47 Å². The van der Waals surface area contributed by atoms with E-state index in [1.165, 1.54) is 13.2 Å². The molecule has 25 heavy (non-hydrogen) atoms. The lowest BCUT2D eigenvalue weighted by Crippen LogP contribution is -2.33. The number of methoxy groups -OCH3 is 1. The van der Waals surface area contributed by atoms with Gasteiger partial charge in [0.2, 0.25) is 0 Å². The van der Waals surface area contributed by atoms with Crippen LogP contribution in [0.5, 0.6) is 5.75 Å². The molecule has 0 radical (unpaired) electrons. The fourth-order valence-corrected chi connectivity index (χ4v) is 2.15. The number of ether oxygens (including phenoxy) is 3. The average Bonchev–Trinajstić information content (AvgIpc) is 2.51. The molecular weight excluding hydrogens is 397 g/mol. The van der Waals surface area contributed by atoms with Crippen LogP contribution in [0.1, 0.15) is 44.0 Å². The predicted octanol–water partition coefficient (Wildman–Crippen LogP) is 4.06. The van der Waals surface area contributed by atoms with Gasteiger partial charge in [0, 0.05) is 6.54 Å². The number of benzene rings is 1. The highest BCUT2D eigenvalue weighted by Gasteiger charge is 2.17. The van der Waals surface area contributed by atoms with E-state index in [-0.39, 0.29) is 15.8 Å². The lowest BCUT2D eigenvalue weighted by molar-refractivity contribution is 0.0524. The van der Waals surface area contributed by atoms with Crippen LogP contribution in [0.3, 0.4) is 0 Å². The lowest BCUT2D eigenvalue weighted by Gasteiger charge is -2.19. The van der Waals surface area contributed by atoms with Crippen molar-refractivity contribution < 1.29 is 28.2 Å². The minimum atomic E-state index is -0.673. The van der Waals surface area contributed by atoms with Crippen molar-refractivity contribution in [1.82, 2.24) is 5.32 Å². The summed E-state index contributed by atoms with van der Waals surface area (Å²) in [5.74, 6) is -1.01. The zero-order valence-electron chi connectivity index (χ0n) is 14.8. The fraction of sp³-hybridized carbons (Fsp3) is 0.529. The molecule has 0 spiro atoms. The topological polar surface area (TPSA) is 73.9 Å². The molecule has 0 aromatic heterocycles. The third-order valence-electron chi connectivity index (χ3n) is 2.92. The smallest absolute Gasteiger partial charge is 0.407 e. The van der Waals surface area contributed by atoms with Gasteiger partial charge in [0.05, 0.1) is 18.2 Å². The van der Waals surface area contributed by atoms with Gasteiger partial charge in [0.1, 0.15) is 22.7 Å². The van der Waals surface area contributed by atoms with Crippen LogP contribution >= 0.6 is 15.9 Å². The van der Waals surface area contributed by atoms with Gasteiger partial charge in [-0.15, -0.1) is 0 Å². The number of amides is 1. The van der Waals surface area contributed by atoms with Gasteiger partial charge in [0.15, 0.2) is 0 Å². The van der Waals surface area contributed by atoms with E-state index in [1.807, 2.05) is 0 Å². The van der Waals surface area contributed by atoms with Crippen LogP contribution in [0, 0.1) is 5.82 Å². The summed E-state index contributed by atoms with van der Waals surface area (Å²) >= 11 is 3.06. The summed E-state index contributed by atoms with van der Waals surface area (Å²) in [6.45, 7) is 6.12. The number of carbonyl (C=O) groups excluding carboxylic acids is 2. The van der Waals surface area contributed by atoms with Gasteiger partial charge in [-0.1, -0.05) is 0 Å². The van der Waals surface area contributed by atoms with Gasteiger partial charge < -0.3 is 19.5 Å². The highest BCUT2D eigenvalue weighted by Crippen LogP contribution is 2.27. The van der Waals surface area contributed by atoms with E-state index in [0.717, 1.165) is 6.07 Å². The molecule has 1 N–H and O–H groups in total. The molecule has 1 aromatic rings. The van der Waals surface area contributed by atoms with Gasteiger partial charge in [-0.05, 0) is 61.7 Å². The number of nitrogens with one attached hydrogen (secondary N) is 1. The van der Waals surface area contributed by atoms with Crippen molar-refractivity contribution in [3.63, 3.8) is 0 Å². The predicted molar refractivity (Wildman–Crippen MR) is 94.4 cm³/mol. The molecule has 0 heterocycles.